The second-order valence-electron chi connectivity index (χ2n) is 8.06. The molecule has 35 heavy (non-hydrogen) atoms. The third-order valence-electron chi connectivity index (χ3n) is 5.38. The number of ether oxygens (including phenoxy) is 3. The third kappa shape index (κ3) is 5.24. The summed E-state index contributed by atoms with van der Waals surface area (Å²) in [5.41, 5.74) is 5.42. The van der Waals surface area contributed by atoms with Crippen LogP contribution < -0.4 is 16.2 Å². The molecule has 14 heteroatoms. The van der Waals surface area contributed by atoms with Crippen molar-refractivity contribution >= 4 is 41.0 Å². The van der Waals surface area contributed by atoms with E-state index >= 15 is 0 Å². The van der Waals surface area contributed by atoms with E-state index in [0.717, 1.165) is 4.57 Å². The average molecular weight is 524 g/mol. The van der Waals surface area contributed by atoms with E-state index in [-0.39, 0.29) is 29.3 Å². The first-order chi connectivity index (χ1) is 16.6. The van der Waals surface area contributed by atoms with Gasteiger partial charge in [0.1, 0.15) is 11.0 Å². The van der Waals surface area contributed by atoms with Crippen molar-refractivity contribution in [3.63, 3.8) is 0 Å². The van der Waals surface area contributed by atoms with E-state index in [0.29, 0.717) is 16.9 Å². The van der Waals surface area contributed by atoms with Crippen molar-refractivity contribution in [2.24, 2.45) is 5.92 Å². The van der Waals surface area contributed by atoms with E-state index < -0.39 is 48.3 Å². The number of hydrogen-bond acceptors (Lipinski definition) is 11. The SMILES string of the molecule is CCOP(C)(=O)CO[C@H]1O[C@@H](n2c(=O)sc3c(=O)[nH]c(N)nc32)[C@H](OC(=O)c2ccccc2)[C@@H]1C. The number of benzene rings is 1. The zero-order valence-electron chi connectivity index (χ0n) is 19.2. The number of nitrogen functional groups attached to an aromatic ring is 1. The lowest BCUT2D eigenvalue weighted by Gasteiger charge is -2.22. The first-order valence-corrected chi connectivity index (χ1v) is 13.8. The van der Waals surface area contributed by atoms with Gasteiger partial charge in [-0.15, -0.1) is 0 Å². The molecule has 1 unspecified atom stereocenters. The van der Waals surface area contributed by atoms with Crippen molar-refractivity contribution < 1.29 is 28.1 Å². The van der Waals surface area contributed by atoms with Crippen LogP contribution >= 0.6 is 18.7 Å². The van der Waals surface area contributed by atoms with Crippen LogP contribution in [0.2, 0.25) is 0 Å². The van der Waals surface area contributed by atoms with Gasteiger partial charge in [-0.25, -0.2) is 4.79 Å². The minimum Gasteiger partial charge on any atom is -0.453 e. The molecule has 12 nitrogen and oxygen atoms in total. The Labute approximate surface area is 203 Å². The molecule has 0 bridgehead atoms. The summed E-state index contributed by atoms with van der Waals surface area (Å²) < 4.78 is 36.5. The van der Waals surface area contributed by atoms with Crippen LogP contribution in [0.25, 0.3) is 10.3 Å². The van der Waals surface area contributed by atoms with E-state index in [1.54, 1.807) is 44.2 Å². The van der Waals surface area contributed by atoms with Gasteiger partial charge < -0.3 is 24.5 Å². The summed E-state index contributed by atoms with van der Waals surface area (Å²) in [6.07, 6.45) is -3.43. The van der Waals surface area contributed by atoms with Gasteiger partial charge in [0, 0.05) is 12.6 Å². The zero-order valence-corrected chi connectivity index (χ0v) is 20.9. The first kappa shape index (κ1) is 25.3. The lowest BCUT2D eigenvalue weighted by atomic mass is 10.1. The number of esters is 1. The van der Waals surface area contributed by atoms with Crippen LogP contribution in [0.1, 0.15) is 30.4 Å². The lowest BCUT2D eigenvalue weighted by molar-refractivity contribution is -0.153. The number of H-pyrrole nitrogens is 1. The zero-order chi connectivity index (χ0) is 25.3. The minimum absolute atomic E-state index is 0.00432. The number of nitrogens with one attached hydrogen (secondary N) is 1. The number of nitrogens with two attached hydrogens (primary N) is 1. The van der Waals surface area contributed by atoms with Gasteiger partial charge in [0.25, 0.3) is 5.56 Å². The van der Waals surface area contributed by atoms with E-state index in [9.17, 15) is 18.9 Å². The van der Waals surface area contributed by atoms with Gasteiger partial charge in [-0.1, -0.05) is 36.5 Å². The molecule has 1 aromatic carbocycles. The largest absolute Gasteiger partial charge is 0.453 e. The number of thiazole rings is 1. The van der Waals surface area contributed by atoms with Crippen molar-refractivity contribution in [3.05, 3.63) is 55.9 Å². The maximum absolute atomic E-state index is 12.9. The molecule has 3 N–H and O–H groups in total. The van der Waals surface area contributed by atoms with Crippen molar-refractivity contribution in [3.8, 4) is 0 Å². The topological polar surface area (TPSA) is 165 Å². The minimum atomic E-state index is -3.06. The van der Waals surface area contributed by atoms with Gasteiger partial charge in [-0.3, -0.25) is 23.7 Å². The molecule has 0 spiro atoms. The molecule has 1 saturated heterocycles. The quantitative estimate of drug-likeness (QED) is 0.330. The third-order valence-corrected chi connectivity index (χ3v) is 7.74. The summed E-state index contributed by atoms with van der Waals surface area (Å²) in [6.45, 7) is 5.12. The van der Waals surface area contributed by atoms with Gasteiger partial charge in [0.15, 0.2) is 24.3 Å². The molecular formula is C21H25N4O8PS. The fourth-order valence-electron chi connectivity index (χ4n) is 3.77. The summed E-state index contributed by atoms with van der Waals surface area (Å²) in [5.74, 6) is -1.41. The smallest absolute Gasteiger partial charge is 0.338 e. The molecule has 1 fully saturated rings. The molecule has 5 atom stereocenters. The Bertz CT molecular complexity index is 1390. The van der Waals surface area contributed by atoms with Gasteiger partial charge in [0.2, 0.25) is 13.3 Å². The summed E-state index contributed by atoms with van der Waals surface area (Å²) in [4.78, 5) is 44.0. The molecule has 0 aliphatic carbocycles. The molecule has 1 aliphatic heterocycles. The Hall–Kier alpha value is -2.83. The number of hydrogen-bond donors (Lipinski definition) is 2. The number of rotatable bonds is 8. The Balaban J connectivity index is 1.71. The summed E-state index contributed by atoms with van der Waals surface area (Å²) >= 11 is 0.665. The number of anilines is 1. The molecule has 188 valence electrons. The molecule has 0 amide bonds. The fraction of sp³-hybridized carbons (Fsp3) is 0.429. The summed E-state index contributed by atoms with van der Waals surface area (Å²) in [7, 11) is -3.06. The number of carbonyl (C=O) groups is 1. The van der Waals surface area contributed by atoms with Gasteiger partial charge in [0.05, 0.1) is 12.2 Å². The first-order valence-electron chi connectivity index (χ1n) is 10.8. The van der Waals surface area contributed by atoms with Crippen LogP contribution in [-0.2, 0) is 23.3 Å². The standard InChI is InChI=1S/C21H25N4O8PS/c1-4-31-34(3,29)10-30-19-11(2)13(32-18(27)12-8-6-5-7-9-12)17(33-19)25-15-14(35-21(25)28)16(26)24-20(22)23-15/h5-9,11,13,17,19H,4,10H2,1-3H3,(H3,22,23,24,26)/t11-,13+,17+,19-,34?/m0/s1. The normalized spacial score (nSPS) is 23.9. The molecule has 3 heterocycles. The molecule has 2 aromatic heterocycles. The maximum Gasteiger partial charge on any atom is 0.338 e. The van der Waals surface area contributed by atoms with Crippen LogP contribution in [0.3, 0.4) is 0 Å². The molecule has 1 aliphatic rings. The Morgan fingerprint density at radius 1 is 1.31 bits per heavy atom. The molecule has 4 rings (SSSR count). The van der Waals surface area contributed by atoms with Crippen LogP contribution in [0.4, 0.5) is 5.95 Å². The highest BCUT2D eigenvalue weighted by atomic mass is 32.1. The van der Waals surface area contributed by atoms with Gasteiger partial charge >= 0.3 is 10.8 Å². The number of carbonyl (C=O) groups excluding carboxylic acids is 1. The van der Waals surface area contributed by atoms with Crippen molar-refractivity contribution in [1.29, 1.82) is 0 Å². The van der Waals surface area contributed by atoms with E-state index in [1.165, 1.54) is 6.66 Å². The summed E-state index contributed by atoms with van der Waals surface area (Å²) in [6, 6.07) is 8.33. The predicted molar refractivity (Wildman–Crippen MR) is 129 cm³/mol. The fourth-order valence-corrected chi connectivity index (χ4v) is 5.65. The molecular weight excluding hydrogens is 499 g/mol. The number of nitrogens with zero attached hydrogens (tertiary/aromatic N) is 2. The van der Waals surface area contributed by atoms with Gasteiger partial charge in [-0.05, 0) is 19.1 Å². The second-order valence-corrected chi connectivity index (χ2v) is 11.6. The van der Waals surface area contributed by atoms with E-state index in [1.807, 2.05) is 0 Å². The average Bonchev–Trinajstić information content (AvgIpc) is 3.29. The van der Waals surface area contributed by atoms with Crippen molar-refractivity contribution in [2.75, 3.05) is 25.4 Å². The Kier molecular flexibility index (Phi) is 7.25. The predicted octanol–water partition coefficient (Wildman–Crippen LogP) is 2.36. The highest BCUT2D eigenvalue weighted by molar-refractivity contribution is 7.57. The van der Waals surface area contributed by atoms with Crippen LogP contribution in [-0.4, -0.2) is 52.5 Å². The second kappa shape index (κ2) is 10.0. The Morgan fingerprint density at radius 3 is 2.71 bits per heavy atom. The Morgan fingerprint density at radius 2 is 2.03 bits per heavy atom. The van der Waals surface area contributed by atoms with Crippen LogP contribution in [0.15, 0.2) is 39.9 Å². The lowest BCUT2D eigenvalue weighted by Crippen LogP contribution is -2.33. The number of aromatic nitrogens is 3. The van der Waals surface area contributed by atoms with Crippen molar-refractivity contribution in [1.82, 2.24) is 14.5 Å². The maximum atomic E-state index is 12.9. The molecule has 0 saturated carbocycles. The highest BCUT2D eigenvalue weighted by Gasteiger charge is 2.48. The number of fused-ring (bicyclic) bond motifs is 1. The van der Waals surface area contributed by atoms with E-state index in [2.05, 4.69) is 9.97 Å². The molecule has 0 radical (unpaired) electrons. The highest BCUT2D eigenvalue weighted by Crippen LogP contribution is 2.45. The summed E-state index contributed by atoms with van der Waals surface area (Å²) in [5, 5.41) is 0. The van der Waals surface area contributed by atoms with Gasteiger partial charge in [-0.2, -0.15) is 4.98 Å². The van der Waals surface area contributed by atoms with E-state index in [4.69, 9.17) is 24.5 Å². The van der Waals surface area contributed by atoms with Crippen molar-refractivity contribution in [2.45, 2.75) is 32.5 Å². The van der Waals surface area contributed by atoms with Crippen LogP contribution in [0.5, 0.6) is 0 Å². The number of aromatic amines is 1. The molecule has 3 aromatic rings. The van der Waals surface area contributed by atoms with Crippen LogP contribution in [0, 0.1) is 5.92 Å². The monoisotopic (exact) mass is 524 g/mol.